The van der Waals surface area contributed by atoms with Crippen LogP contribution in [0.25, 0.3) is 11.1 Å². The van der Waals surface area contributed by atoms with E-state index in [2.05, 4.69) is 61.5 Å². The third kappa shape index (κ3) is 5.71. The molecule has 2 aromatic rings. The molecule has 0 heterocycles. The zero-order valence-corrected chi connectivity index (χ0v) is 12.0. The lowest BCUT2D eigenvalue weighted by Crippen LogP contribution is -1.84. The summed E-state index contributed by atoms with van der Waals surface area (Å²) in [5.74, 6) is 0. The highest BCUT2D eigenvalue weighted by atomic mass is 16.2. The van der Waals surface area contributed by atoms with Gasteiger partial charge in [0.05, 0.1) is 0 Å². The molecule has 0 amide bonds. The molecule has 0 spiro atoms. The molecule has 0 radical (unpaired) electrons. The smallest absolute Gasteiger partial charge is 0.0402 e. The molecule has 0 aliphatic heterocycles. The van der Waals surface area contributed by atoms with Gasteiger partial charge in [-0.3, -0.25) is 0 Å². The predicted molar refractivity (Wildman–Crippen MR) is 83.2 cm³/mol. The fourth-order valence-electron chi connectivity index (χ4n) is 1.88. The molecule has 0 fully saturated rings. The van der Waals surface area contributed by atoms with E-state index in [-0.39, 0.29) is 6.61 Å². The summed E-state index contributed by atoms with van der Waals surface area (Å²) in [6.07, 6.45) is 3.75. The maximum absolute atomic E-state index is 7.57. The van der Waals surface area contributed by atoms with Gasteiger partial charge < -0.3 is 5.11 Å². The van der Waals surface area contributed by atoms with E-state index in [1.165, 1.54) is 36.0 Å². The Kier molecular flexibility index (Phi) is 7.60. The minimum atomic E-state index is 0.250. The Balaban J connectivity index is 0.000000550. The standard InChI is InChI=1S/C16H18.C2H6O/c1-2-3-7-14-10-12-16(13-11-14)15-8-5-4-6-9-15;1-2-3/h4-6,8-13H,2-3,7H2,1H3;3H,2H2,1H3. The first-order chi connectivity index (χ1) is 9.31. The second-order valence-electron chi connectivity index (χ2n) is 4.48. The Morgan fingerprint density at radius 1 is 0.789 bits per heavy atom. The normalized spacial score (nSPS) is 9.63. The molecule has 102 valence electrons. The lowest BCUT2D eigenvalue weighted by molar-refractivity contribution is 0.318. The van der Waals surface area contributed by atoms with E-state index >= 15 is 0 Å². The van der Waals surface area contributed by atoms with Gasteiger partial charge >= 0.3 is 0 Å². The lowest BCUT2D eigenvalue weighted by atomic mass is 10.0. The van der Waals surface area contributed by atoms with E-state index in [0.29, 0.717) is 0 Å². The number of unbranched alkanes of at least 4 members (excludes halogenated alkanes) is 1. The van der Waals surface area contributed by atoms with Gasteiger partial charge in [-0.05, 0) is 36.5 Å². The summed E-state index contributed by atoms with van der Waals surface area (Å²) < 4.78 is 0. The van der Waals surface area contributed by atoms with E-state index in [0.717, 1.165) is 0 Å². The topological polar surface area (TPSA) is 20.2 Å². The van der Waals surface area contributed by atoms with Crippen LogP contribution >= 0.6 is 0 Å². The maximum atomic E-state index is 7.57. The molecule has 0 atom stereocenters. The minimum absolute atomic E-state index is 0.250. The Bertz CT molecular complexity index is 431. The van der Waals surface area contributed by atoms with Crippen molar-refractivity contribution in [2.75, 3.05) is 6.61 Å². The molecule has 0 saturated heterocycles. The van der Waals surface area contributed by atoms with Gasteiger partial charge in [0.1, 0.15) is 0 Å². The molecule has 0 bridgehead atoms. The van der Waals surface area contributed by atoms with Crippen LogP contribution in [0.15, 0.2) is 54.6 Å². The zero-order valence-electron chi connectivity index (χ0n) is 12.0. The van der Waals surface area contributed by atoms with Crippen molar-refractivity contribution in [3.8, 4) is 11.1 Å². The third-order valence-electron chi connectivity index (χ3n) is 2.88. The van der Waals surface area contributed by atoms with Crippen molar-refractivity contribution in [1.82, 2.24) is 0 Å². The van der Waals surface area contributed by atoms with Crippen molar-refractivity contribution in [3.63, 3.8) is 0 Å². The van der Waals surface area contributed by atoms with Gasteiger partial charge in [0.15, 0.2) is 0 Å². The fraction of sp³-hybridized carbons (Fsp3) is 0.333. The molecular weight excluding hydrogens is 232 g/mol. The van der Waals surface area contributed by atoms with E-state index < -0.39 is 0 Å². The van der Waals surface area contributed by atoms with E-state index in [1.54, 1.807) is 6.92 Å². The monoisotopic (exact) mass is 256 g/mol. The molecule has 1 heteroatoms. The van der Waals surface area contributed by atoms with Crippen LogP contribution in [0.5, 0.6) is 0 Å². The van der Waals surface area contributed by atoms with Gasteiger partial charge in [-0.25, -0.2) is 0 Å². The van der Waals surface area contributed by atoms with Crippen LogP contribution in [0.4, 0.5) is 0 Å². The molecule has 1 N–H and O–H groups in total. The molecule has 0 saturated carbocycles. The summed E-state index contributed by atoms with van der Waals surface area (Å²) in [6, 6.07) is 19.5. The molecular formula is C18H24O. The molecule has 19 heavy (non-hydrogen) atoms. The number of aliphatic hydroxyl groups excluding tert-OH is 1. The van der Waals surface area contributed by atoms with E-state index in [4.69, 9.17) is 5.11 Å². The van der Waals surface area contributed by atoms with Crippen LogP contribution in [-0.2, 0) is 6.42 Å². The molecule has 2 aromatic carbocycles. The second kappa shape index (κ2) is 9.35. The highest BCUT2D eigenvalue weighted by Crippen LogP contribution is 2.19. The van der Waals surface area contributed by atoms with Crippen LogP contribution in [0, 0.1) is 0 Å². The van der Waals surface area contributed by atoms with Gasteiger partial charge in [-0.15, -0.1) is 0 Å². The molecule has 0 aliphatic carbocycles. The summed E-state index contributed by atoms with van der Waals surface area (Å²) in [5.41, 5.74) is 4.05. The number of aliphatic hydroxyl groups is 1. The van der Waals surface area contributed by atoms with Crippen LogP contribution < -0.4 is 0 Å². The Hall–Kier alpha value is -1.60. The Labute approximate surface area is 116 Å². The van der Waals surface area contributed by atoms with Gasteiger partial charge in [-0.2, -0.15) is 0 Å². The highest BCUT2D eigenvalue weighted by Gasteiger charge is 1.96. The highest BCUT2D eigenvalue weighted by molar-refractivity contribution is 5.63. The summed E-state index contributed by atoms with van der Waals surface area (Å²) in [6.45, 7) is 4.17. The molecule has 2 rings (SSSR count). The van der Waals surface area contributed by atoms with Crippen molar-refractivity contribution in [2.45, 2.75) is 33.1 Å². The van der Waals surface area contributed by atoms with Crippen LogP contribution in [0.1, 0.15) is 32.3 Å². The number of rotatable bonds is 4. The van der Waals surface area contributed by atoms with Crippen molar-refractivity contribution in [2.24, 2.45) is 0 Å². The van der Waals surface area contributed by atoms with Crippen molar-refractivity contribution in [1.29, 1.82) is 0 Å². The Morgan fingerprint density at radius 3 is 1.84 bits per heavy atom. The van der Waals surface area contributed by atoms with Crippen LogP contribution in [0.3, 0.4) is 0 Å². The first kappa shape index (κ1) is 15.5. The van der Waals surface area contributed by atoms with Crippen molar-refractivity contribution >= 4 is 0 Å². The van der Waals surface area contributed by atoms with Crippen LogP contribution in [0.2, 0.25) is 0 Å². The number of benzene rings is 2. The minimum Gasteiger partial charge on any atom is -0.397 e. The summed E-state index contributed by atoms with van der Waals surface area (Å²) in [4.78, 5) is 0. The first-order valence-corrected chi connectivity index (χ1v) is 7.07. The molecule has 0 unspecified atom stereocenters. The largest absolute Gasteiger partial charge is 0.397 e. The van der Waals surface area contributed by atoms with E-state index in [1.807, 2.05) is 0 Å². The number of hydrogen-bond acceptors (Lipinski definition) is 1. The van der Waals surface area contributed by atoms with Crippen molar-refractivity contribution < 1.29 is 5.11 Å². The number of hydrogen-bond donors (Lipinski definition) is 1. The van der Waals surface area contributed by atoms with E-state index in [9.17, 15) is 0 Å². The average molecular weight is 256 g/mol. The molecule has 1 nitrogen and oxygen atoms in total. The predicted octanol–water partition coefficient (Wildman–Crippen LogP) is 4.69. The maximum Gasteiger partial charge on any atom is 0.0402 e. The second-order valence-corrected chi connectivity index (χ2v) is 4.48. The molecule has 0 aromatic heterocycles. The number of aryl methyl sites for hydroxylation is 1. The lowest BCUT2D eigenvalue weighted by Gasteiger charge is -2.03. The van der Waals surface area contributed by atoms with Gasteiger partial charge in [0, 0.05) is 6.61 Å². The quantitative estimate of drug-likeness (QED) is 0.841. The summed E-state index contributed by atoms with van der Waals surface area (Å²) in [7, 11) is 0. The average Bonchev–Trinajstić information content (AvgIpc) is 2.47. The van der Waals surface area contributed by atoms with Crippen LogP contribution in [-0.4, -0.2) is 11.7 Å². The van der Waals surface area contributed by atoms with Gasteiger partial charge in [0.25, 0.3) is 0 Å². The zero-order chi connectivity index (χ0) is 13.9. The van der Waals surface area contributed by atoms with Crippen molar-refractivity contribution in [3.05, 3.63) is 60.2 Å². The first-order valence-electron chi connectivity index (χ1n) is 7.07. The fourth-order valence-corrected chi connectivity index (χ4v) is 1.88. The summed E-state index contributed by atoms with van der Waals surface area (Å²) in [5, 5.41) is 7.57. The summed E-state index contributed by atoms with van der Waals surface area (Å²) >= 11 is 0. The Morgan fingerprint density at radius 2 is 1.32 bits per heavy atom. The molecule has 0 aliphatic rings. The van der Waals surface area contributed by atoms with Gasteiger partial charge in [-0.1, -0.05) is 67.9 Å². The van der Waals surface area contributed by atoms with Gasteiger partial charge in [0.2, 0.25) is 0 Å². The SMILES string of the molecule is CCCCc1ccc(-c2ccccc2)cc1.CCO. The third-order valence-corrected chi connectivity index (χ3v) is 2.88.